The minimum absolute atomic E-state index is 0.0127. The summed E-state index contributed by atoms with van der Waals surface area (Å²) < 4.78 is 10.5. The molecule has 1 aliphatic heterocycles. The Balaban J connectivity index is 1.51. The quantitative estimate of drug-likeness (QED) is 0.874. The molecule has 4 rings (SSSR count). The number of hydrogen-bond acceptors (Lipinski definition) is 4. The van der Waals surface area contributed by atoms with E-state index in [0.717, 1.165) is 36.1 Å². The second-order valence-corrected chi connectivity index (χ2v) is 7.04. The van der Waals surface area contributed by atoms with E-state index in [1.54, 1.807) is 32.4 Å². The molecule has 1 aromatic carbocycles. The largest absolute Gasteiger partial charge is 0.493 e. The molecule has 2 amide bonds. The Bertz CT molecular complexity index is 969. The summed E-state index contributed by atoms with van der Waals surface area (Å²) in [5, 5.41) is 2.96. The number of benzene rings is 1. The first-order chi connectivity index (χ1) is 13.6. The number of rotatable bonds is 4. The van der Waals surface area contributed by atoms with Crippen LogP contribution in [0.1, 0.15) is 24.8 Å². The van der Waals surface area contributed by atoms with E-state index in [1.807, 2.05) is 18.2 Å². The Labute approximate surface area is 163 Å². The number of methoxy groups -OCH3 is 2. The molecule has 6 nitrogen and oxygen atoms in total. The van der Waals surface area contributed by atoms with Gasteiger partial charge in [-0.15, -0.1) is 0 Å². The third-order valence-corrected chi connectivity index (χ3v) is 5.32. The first kappa shape index (κ1) is 18.2. The molecule has 0 aromatic heterocycles. The van der Waals surface area contributed by atoms with Crippen molar-refractivity contribution in [1.29, 1.82) is 0 Å². The van der Waals surface area contributed by atoms with Crippen LogP contribution in [0.15, 0.2) is 58.3 Å². The first-order valence-electron chi connectivity index (χ1n) is 9.34. The Kier molecular flexibility index (Phi) is 4.86. The molecule has 1 unspecified atom stereocenters. The highest BCUT2D eigenvalue weighted by Gasteiger charge is 2.34. The number of allylic oxidation sites excluding steroid dienone is 3. The maximum absolute atomic E-state index is 12.4. The van der Waals surface area contributed by atoms with Crippen LogP contribution < -0.4 is 14.8 Å². The first-order valence-corrected chi connectivity index (χ1v) is 9.34. The van der Waals surface area contributed by atoms with Crippen molar-refractivity contribution in [3.63, 3.8) is 0 Å². The Morgan fingerprint density at radius 2 is 2.04 bits per heavy atom. The van der Waals surface area contributed by atoms with E-state index in [2.05, 4.69) is 10.3 Å². The number of fused-ring (bicyclic) bond motifs is 2. The lowest BCUT2D eigenvalue weighted by Gasteiger charge is -2.28. The van der Waals surface area contributed by atoms with Gasteiger partial charge in [0.2, 0.25) is 0 Å². The average molecular weight is 378 g/mol. The van der Waals surface area contributed by atoms with Crippen molar-refractivity contribution in [2.75, 3.05) is 14.2 Å². The van der Waals surface area contributed by atoms with Gasteiger partial charge in [-0.05, 0) is 54.7 Å². The van der Waals surface area contributed by atoms with Crippen molar-refractivity contribution in [3.05, 3.63) is 58.8 Å². The van der Waals surface area contributed by atoms with Crippen LogP contribution in [0.3, 0.4) is 0 Å². The third-order valence-electron chi connectivity index (χ3n) is 5.32. The van der Waals surface area contributed by atoms with Crippen LogP contribution in [0.5, 0.6) is 11.5 Å². The molecule has 1 aromatic rings. The highest BCUT2D eigenvalue weighted by atomic mass is 16.5. The molecule has 3 aliphatic rings. The zero-order chi connectivity index (χ0) is 19.7. The summed E-state index contributed by atoms with van der Waals surface area (Å²) in [6.07, 6.45) is 8.69. The number of nitrogens with one attached hydrogen (secondary N) is 1. The molecule has 0 bridgehead atoms. The fourth-order valence-corrected chi connectivity index (χ4v) is 4.01. The molecule has 6 heteroatoms. The highest BCUT2D eigenvalue weighted by Crippen LogP contribution is 2.39. The van der Waals surface area contributed by atoms with Gasteiger partial charge in [-0.2, -0.15) is 0 Å². The number of nitrogens with zero attached hydrogens (tertiary/aromatic N) is 1. The summed E-state index contributed by atoms with van der Waals surface area (Å²) in [4.78, 5) is 28.9. The van der Waals surface area contributed by atoms with Gasteiger partial charge in [0.15, 0.2) is 11.5 Å². The van der Waals surface area contributed by atoms with Crippen LogP contribution in [-0.2, 0) is 16.0 Å². The van der Waals surface area contributed by atoms with E-state index in [-0.39, 0.29) is 24.2 Å². The van der Waals surface area contributed by atoms with Crippen molar-refractivity contribution >= 4 is 17.5 Å². The predicted molar refractivity (Wildman–Crippen MR) is 105 cm³/mol. The number of carbonyl (C=O) groups is 2. The van der Waals surface area contributed by atoms with Crippen molar-refractivity contribution < 1.29 is 19.1 Å². The summed E-state index contributed by atoms with van der Waals surface area (Å²) in [5.74, 6) is 1.03. The number of ether oxygens (including phenoxy) is 2. The Morgan fingerprint density at radius 1 is 1.21 bits per heavy atom. The van der Waals surface area contributed by atoms with Gasteiger partial charge in [-0.25, -0.2) is 4.99 Å². The monoisotopic (exact) mass is 378 g/mol. The Hall–Kier alpha value is -3.15. The zero-order valence-corrected chi connectivity index (χ0v) is 16.0. The van der Waals surface area contributed by atoms with Crippen LogP contribution >= 0.6 is 0 Å². The van der Waals surface area contributed by atoms with E-state index in [4.69, 9.17) is 9.47 Å². The van der Waals surface area contributed by atoms with Crippen LogP contribution in [0.2, 0.25) is 0 Å². The van der Waals surface area contributed by atoms with Gasteiger partial charge in [0, 0.05) is 17.2 Å². The number of hydrogen-bond donors (Lipinski definition) is 1. The van der Waals surface area contributed by atoms with Crippen molar-refractivity contribution in [3.8, 4) is 11.5 Å². The van der Waals surface area contributed by atoms with Gasteiger partial charge in [-0.1, -0.05) is 12.1 Å². The fraction of sp³-hybridized carbons (Fsp3) is 0.318. The minimum atomic E-state index is -0.259. The molecule has 1 atom stereocenters. The molecule has 1 heterocycles. The van der Waals surface area contributed by atoms with Crippen LogP contribution in [0.25, 0.3) is 0 Å². The zero-order valence-electron chi connectivity index (χ0n) is 16.0. The maximum atomic E-state index is 12.4. The van der Waals surface area contributed by atoms with E-state index in [1.165, 1.54) is 5.57 Å². The lowest BCUT2D eigenvalue weighted by Crippen LogP contribution is -2.35. The summed E-state index contributed by atoms with van der Waals surface area (Å²) in [7, 11) is 3.13. The lowest BCUT2D eigenvalue weighted by atomic mass is 9.85. The van der Waals surface area contributed by atoms with Gasteiger partial charge in [0.25, 0.3) is 11.8 Å². The average Bonchev–Trinajstić information content (AvgIpc) is 3.18. The van der Waals surface area contributed by atoms with Gasteiger partial charge >= 0.3 is 0 Å². The van der Waals surface area contributed by atoms with Gasteiger partial charge in [-0.3, -0.25) is 9.59 Å². The van der Waals surface area contributed by atoms with Gasteiger partial charge < -0.3 is 14.8 Å². The molecule has 0 fully saturated rings. The number of carbonyl (C=O) groups excluding carboxylic acids is 2. The highest BCUT2D eigenvalue weighted by molar-refractivity contribution is 6.11. The van der Waals surface area contributed by atoms with Crippen molar-refractivity contribution in [1.82, 2.24) is 5.32 Å². The molecular weight excluding hydrogens is 356 g/mol. The summed E-state index contributed by atoms with van der Waals surface area (Å²) in [5.41, 5.74) is 4.30. The van der Waals surface area contributed by atoms with Crippen LogP contribution in [0.4, 0.5) is 0 Å². The maximum Gasteiger partial charge on any atom is 0.251 e. The van der Waals surface area contributed by atoms with Gasteiger partial charge in [0.1, 0.15) is 0 Å². The Morgan fingerprint density at radius 3 is 2.82 bits per heavy atom. The summed E-state index contributed by atoms with van der Waals surface area (Å²) >= 11 is 0. The predicted octanol–water partition coefficient (Wildman–Crippen LogP) is 2.89. The SMILES string of the molecule is COc1ccc(CC(=O)N=C2C=CC3C(=C2)NC(=O)C2=C3CCC2)cc1OC. The summed E-state index contributed by atoms with van der Waals surface area (Å²) in [6.45, 7) is 0. The van der Waals surface area contributed by atoms with Crippen molar-refractivity contribution in [2.24, 2.45) is 10.9 Å². The molecule has 0 spiro atoms. The van der Waals surface area contributed by atoms with E-state index < -0.39 is 0 Å². The number of aliphatic imine (C=N–C) groups is 1. The molecular formula is C22H22N2O4. The molecule has 0 saturated heterocycles. The van der Waals surface area contributed by atoms with Gasteiger partial charge in [0.05, 0.1) is 26.4 Å². The second kappa shape index (κ2) is 7.46. The molecule has 0 saturated carbocycles. The standard InChI is InChI=1S/C22H22N2O4/c1-27-19-9-6-13(10-20(19)28-2)11-21(25)23-14-7-8-16-15-4-3-5-17(15)22(26)24-18(16)12-14/h6-10,12,16H,3-5,11H2,1-2H3,(H,24,26). The molecule has 1 N–H and O–H groups in total. The van der Waals surface area contributed by atoms with Crippen LogP contribution in [-0.4, -0.2) is 31.7 Å². The molecule has 144 valence electrons. The topological polar surface area (TPSA) is 77.0 Å². The smallest absolute Gasteiger partial charge is 0.251 e. The molecule has 0 radical (unpaired) electrons. The molecule has 28 heavy (non-hydrogen) atoms. The molecule has 2 aliphatic carbocycles. The normalized spacial score (nSPS) is 21.8. The second-order valence-electron chi connectivity index (χ2n) is 7.04. The third kappa shape index (κ3) is 3.38. The lowest BCUT2D eigenvalue weighted by molar-refractivity contribution is -0.118. The fourth-order valence-electron chi connectivity index (χ4n) is 4.01. The van der Waals surface area contributed by atoms with Crippen LogP contribution in [0, 0.1) is 5.92 Å². The van der Waals surface area contributed by atoms with Crippen molar-refractivity contribution in [2.45, 2.75) is 25.7 Å². The van der Waals surface area contributed by atoms with E-state index in [9.17, 15) is 9.59 Å². The van der Waals surface area contributed by atoms with E-state index in [0.29, 0.717) is 17.2 Å². The summed E-state index contributed by atoms with van der Waals surface area (Å²) in [6, 6.07) is 5.36. The van der Waals surface area contributed by atoms with E-state index >= 15 is 0 Å². The number of amides is 2. The minimum Gasteiger partial charge on any atom is -0.493 e.